The SMILES string of the molecule is C=C1C=CC=C(CC(O)CC)C1. The molecule has 1 atom stereocenters. The summed E-state index contributed by atoms with van der Waals surface area (Å²) in [7, 11) is 0. The van der Waals surface area contributed by atoms with Gasteiger partial charge in [0.1, 0.15) is 0 Å². The van der Waals surface area contributed by atoms with Crippen LogP contribution in [0.25, 0.3) is 0 Å². The van der Waals surface area contributed by atoms with E-state index in [0.29, 0.717) is 0 Å². The third kappa shape index (κ3) is 2.67. The molecule has 12 heavy (non-hydrogen) atoms. The van der Waals surface area contributed by atoms with E-state index in [1.807, 2.05) is 19.1 Å². The van der Waals surface area contributed by atoms with Crippen LogP contribution in [0.1, 0.15) is 26.2 Å². The Balaban J connectivity index is 2.47. The average molecular weight is 164 g/mol. The normalized spacial score (nSPS) is 19.2. The molecule has 1 heteroatoms. The predicted octanol–water partition coefficient (Wildman–Crippen LogP) is 2.59. The van der Waals surface area contributed by atoms with Gasteiger partial charge in [0.25, 0.3) is 0 Å². The molecule has 1 nitrogen and oxygen atoms in total. The first kappa shape index (κ1) is 9.27. The van der Waals surface area contributed by atoms with Crippen molar-refractivity contribution < 1.29 is 5.11 Å². The monoisotopic (exact) mass is 164 g/mol. The number of rotatable bonds is 3. The Morgan fingerprint density at radius 3 is 3.00 bits per heavy atom. The zero-order valence-corrected chi connectivity index (χ0v) is 7.59. The average Bonchev–Trinajstić information content (AvgIpc) is 2.04. The van der Waals surface area contributed by atoms with Crippen LogP contribution in [0.5, 0.6) is 0 Å². The molecule has 0 amide bonds. The smallest absolute Gasteiger partial charge is 0.0574 e. The van der Waals surface area contributed by atoms with E-state index >= 15 is 0 Å². The Hall–Kier alpha value is -0.820. The van der Waals surface area contributed by atoms with Crippen molar-refractivity contribution in [2.45, 2.75) is 32.3 Å². The molecule has 0 saturated heterocycles. The lowest BCUT2D eigenvalue weighted by Crippen LogP contribution is -2.06. The Bertz CT molecular complexity index is 223. The van der Waals surface area contributed by atoms with Gasteiger partial charge in [0.2, 0.25) is 0 Å². The Labute approximate surface area is 74.1 Å². The Morgan fingerprint density at radius 1 is 1.67 bits per heavy atom. The molecule has 1 rings (SSSR count). The van der Waals surface area contributed by atoms with Crippen LogP contribution in [-0.4, -0.2) is 11.2 Å². The van der Waals surface area contributed by atoms with Gasteiger partial charge in [-0.05, 0) is 19.3 Å². The quantitative estimate of drug-likeness (QED) is 0.679. The van der Waals surface area contributed by atoms with Crippen molar-refractivity contribution in [1.29, 1.82) is 0 Å². The molecule has 0 fully saturated rings. The summed E-state index contributed by atoms with van der Waals surface area (Å²) >= 11 is 0. The summed E-state index contributed by atoms with van der Waals surface area (Å²) in [6, 6.07) is 0. The summed E-state index contributed by atoms with van der Waals surface area (Å²) < 4.78 is 0. The molecule has 0 aromatic rings. The summed E-state index contributed by atoms with van der Waals surface area (Å²) in [5, 5.41) is 9.40. The molecular formula is C11H16O. The van der Waals surface area contributed by atoms with Gasteiger partial charge < -0.3 is 5.11 Å². The van der Waals surface area contributed by atoms with Crippen LogP contribution >= 0.6 is 0 Å². The zero-order chi connectivity index (χ0) is 8.97. The van der Waals surface area contributed by atoms with Gasteiger partial charge in [-0.25, -0.2) is 0 Å². The van der Waals surface area contributed by atoms with Crippen LogP contribution in [-0.2, 0) is 0 Å². The van der Waals surface area contributed by atoms with Crippen LogP contribution in [0.15, 0.2) is 36.0 Å². The minimum Gasteiger partial charge on any atom is -0.393 e. The first-order valence-corrected chi connectivity index (χ1v) is 4.44. The van der Waals surface area contributed by atoms with E-state index in [2.05, 4.69) is 12.7 Å². The molecule has 0 aromatic carbocycles. The van der Waals surface area contributed by atoms with Gasteiger partial charge in [0.15, 0.2) is 0 Å². The Morgan fingerprint density at radius 2 is 2.42 bits per heavy atom. The second-order valence-corrected chi connectivity index (χ2v) is 3.29. The topological polar surface area (TPSA) is 20.2 Å². The maximum atomic E-state index is 9.40. The molecule has 0 bridgehead atoms. The molecule has 0 spiro atoms. The zero-order valence-electron chi connectivity index (χ0n) is 7.59. The second kappa shape index (κ2) is 4.27. The molecule has 1 unspecified atom stereocenters. The maximum absolute atomic E-state index is 9.40. The standard InChI is InChI=1S/C11H16O/c1-3-11(12)8-10-6-4-5-9(2)7-10/h4-6,11-12H,2-3,7-8H2,1H3. The van der Waals surface area contributed by atoms with Crippen LogP contribution < -0.4 is 0 Å². The highest BCUT2D eigenvalue weighted by atomic mass is 16.3. The molecule has 0 radical (unpaired) electrons. The summed E-state index contributed by atoms with van der Waals surface area (Å²) in [6.07, 6.45) is 8.45. The van der Waals surface area contributed by atoms with E-state index in [4.69, 9.17) is 0 Å². The minimum atomic E-state index is -0.185. The predicted molar refractivity (Wildman–Crippen MR) is 51.9 cm³/mol. The van der Waals surface area contributed by atoms with Crippen molar-refractivity contribution in [2.24, 2.45) is 0 Å². The van der Waals surface area contributed by atoms with Crippen LogP contribution in [0.2, 0.25) is 0 Å². The molecule has 0 saturated carbocycles. The summed E-state index contributed by atoms with van der Waals surface area (Å²) in [4.78, 5) is 0. The molecule has 0 aromatic heterocycles. The number of hydrogen-bond donors (Lipinski definition) is 1. The lowest BCUT2D eigenvalue weighted by molar-refractivity contribution is 0.170. The van der Waals surface area contributed by atoms with Gasteiger partial charge in [0.05, 0.1) is 6.10 Å². The number of hydrogen-bond acceptors (Lipinski definition) is 1. The van der Waals surface area contributed by atoms with E-state index in [1.165, 1.54) is 5.57 Å². The molecule has 1 aliphatic rings. The molecule has 0 heterocycles. The van der Waals surface area contributed by atoms with Crippen molar-refractivity contribution in [3.63, 3.8) is 0 Å². The van der Waals surface area contributed by atoms with Crippen molar-refractivity contribution in [3.8, 4) is 0 Å². The highest BCUT2D eigenvalue weighted by Crippen LogP contribution is 2.20. The first-order chi connectivity index (χ1) is 5.72. The van der Waals surface area contributed by atoms with Crippen molar-refractivity contribution >= 4 is 0 Å². The number of allylic oxidation sites excluding steroid dienone is 4. The van der Waals surface area contributed by atoms with Gasteiger partial charge in [-0.1, -0.05) is 42.9 Å². The van der Waals surface area contributed by atoms with Gasteiger partial charge >= 0.3 is 0 Å². The van der Waals surface area contributed by atoms with Gasteiger partial charge in [0, 0.05) is 0 Å². The second-order valence-electron chi connectivity index (χ2n) is 3.29. The fraction of sp³-hybridized carbons (Fsp3) is 0.455. The van der Waals surface area contributed by atoms with E-state index in [-0.39, 0.29) is 6.10 Å². The molecule has 1 N–H and O–H groups in total. The number of aliphatic hydroxyl groups is 1. The van der Waals surface area contributed by atoms with Gasteiger partial charge in [-0.3, -0.25) is 0 Å². The summed E-state index contributed by atoms with van der Waals surface area (Å²) in [5.41, 5.74) is 2.42. The molecule has 66 valence electrons. The van der Waals surface area contributed by atoms with Crippen molar-refractivity contribution in [2.75, 3.05) is 0 Å². The van der Waals surface area contributed by atoms with Crippen molar-refractivity contribution in [3.05, 3.63) is 36.0 Å². The highest BCUT2D eigenvalue weighted by molar-refractivity contribution is 5.32. The third-order valence-corrected chi connectivity index (χ3v) is 2.09. The van der Waals surface area contributed by atoms with E-state index in [1.54, 1.807) is 0 Å². The largest absolute Gasteiger partial charge is 0.393 e. The lowest BCUT2D eigenvalue weighted by atomic mass is 9.96. The van der Waals surface area contributed by atoms with Gasteiger partial charge in [-0.15, -0.1) is 0 Å². The van der Waals surface area contributed by atoms with Crippen LogP contribution in [0.4, 0.5) is 0 Å². The van der Waals surface area contributed by atoms with Crippen LogP contribution in [0, 0.1) is 0 Å². The molecular weight excluding hydrogens is 148 g/mol. The first-order valence-electron chi connectivity index (χ1n) is 4.44. The van der Waals surface area contributed by atoms with Gasteiger partial charge in [-0.2, -0.15) is 0 Å². The lowest BCUT2D eigenvalue weighted by Gasteiger charge is -2.13. The highest BCUT2D eigenvalue weighted by Gasteiger charge is 2.07. The molecule has 0 aliphatic heterocycles. The third-order valence-electron chi connectivity index (χ3n) is 2.09. The minimum absolute atomic E-state index is 0.185. The van der Waals surface area contributed by atoms with Crippen molar-refractivity contribution in [1.82, 2.24) is 0 Å². The molecule has 1 aliphatic carbocycles. The number of aliphatic hydroxyl groups excluding tert-OH is 1. The van der Waals surface area contributed by atoms with E-state index < -0.39 is 0 Å². The fourth-order valence-electron chi connectivity index (χ4n) is 1.32. The summed E-state index contributed by atoms with van der Waals surface area (Å²) in [5.74, 6) is 0. The maximum Gasteiger partial charge on any atom is 0.0574 e. The Kier molecular flexibility index (Phi) is 3.30. The van der Waals surface area contributed by atoms with E-state index in [9.17, 15) is 5.11 Å². The fourth-order valence-corrected chi connectivity index (χ4v) is 1.32. The summed E-state index contributed by atoms with van der Waals surface area (Å²) in [6.45, 7) is 5.89. The van der Waals surface area contributed by atoms with E-state index in [0.717, 1.165) is 24.8 Å². The van der Waals surface area contributed by atoms with Crippen LogP contribution in [0.3, 0.4) is 0 Å².